The highest BCUT2D eigenvalue weighted by Gasteiger charge is 2.25. The molecule has 2 atom stereocenters. The van der Waals surface area contributed by atoms with Gasteiger partial charge in [0.15, 0.2) is 5.17 Å². The average molecular weight is 317 g/mol. The number of nitrogens with zero attached hydrogens (tertiary/aromatic N) is 1. The lowest BCUT2D eigenvalue weighted by Crippen LogP contribution is -2.23. The van der Waals surface area contributed by atoms with Crippen LogP contribution in [0.2, 0.25) is 4.34 Å². The molecule has 0 bridgehead atoms. The van der Waals surface area contributed by atoms with E-state index in [1.165, 1.54) is 11.3 Å². The first-order chi connectivity index (χ1) is 8.83. The van der Waals surface area contributed by atoms with Crippen LogP contribution in [0.3, 0.4) is 0 Å². The van der Waals surface area contributed by atoms with Gasteiger partial charge in [-0.25, -0.2) is 0 Å². The van der Waals surface area contributed by atoms with E-state index in [0.29, 0.717) is 10.7 Å². The number of hydrogen-bond donors (Lipinski definition) is 1. The van der Waals surface area contributed by atoms with E-state index in [2.05, 4.69) is 44.1 Å². The van der Waals surface area contributed by atoms with Crippen LogP contribution in [0.4, 0.5) is 0 Å². The highest BCUT2D eigenvalue weighted by Crippen LogP contribution is 2.33. The van der Waals surface area contributed by atoms with Crippen LogP contribution in [-0.2, 0) is 0 Å². The van der Waals surface area contributed by atoms with E-state index in [4.69, 9.17) is 11.6 Å². The maximum absolute atomic E-state index is 5.97. The van der Waals surface area contributed by atoms with Crippen molar-refractivity contribution in [3.05, 3.63) is 21.3 Å². The highest BCUT2D eigenvalue weighted by molar-refractivity contribution is 8.14. The van der Waals surface area contributed by atoms with Crippen LogP contribution in [0, 0.1) is 5.41 Å². The predicted molar refractivity (Wildman–Crippen MR) is 88.6 cm³/mol. The van der Waals surface area contributed by atoms with E-state index in [9.17, 15) is 0 Å². The van der Waals surface area contributed by atoms with E-state index < -0.39 is 0 Å². The fourth-order valence-electron chi connectivity index (χ4n) is 2.10. The third-order valence-electron chi connectivity index (χ3n) is 2.92. The summed E-state index contributed by atoms with van der Waals surface area (Å²) in [7, 11) is 0. The second-order valence-electron chi connectivity index (χ2n) is 6.16. The summed E-state index contributed by atoms with van der Waals surface area (Å²) < 4.78 is 0.843. The lowest BCUT2D eigenvalue weighted by molar-refractivity contribution is 0.375. The van der Waals surface area contributed by atoms with Gasteiger partial charge >= 0.3 is 0 Å². The zero-order valence-electron chi connectivity index (χ0n) is 11.9. The average Bonchev–Trinajstić information content (AvgIpc) is 2.85. The molecule has 1 N–H and O–H groups in total. The van der Waals surface area contributed by atoms with Gasteiger partial charge in [0, 0.05) is 10.1 Å². The molecule has 5 heteroatoms. The molecule has 106 valence electrons. The molecule has 1 aromatic rings. The van der Waals surface area contributed by atoms with Gasteiger partial charge in [-0.05, 0) is 30.9 Å². The minimum Gasteiger partial charge on any atom is -0.358 e. The van der Waals surface area contributed by atoms with E-state index in [0.717, 1.165) is 16.0 Å². The van der Waals surface area contributed by atoms with Crippen LogP contribution in [0.25, 0.3) is 0 Å². The molecule has 2 nitrogen and oxygen atoms in total. The Morgan fingerprint density at radius 3 is 2.79 bits per heavy atom. The number of aliphatic imine (C=N–C) groups is 1. The van der Waals surface area contributed by atoms with Crippen molar-refractivity contribution in [3.63, 3.8) is 0 Å². The standard InChI is InChI=1S/C14H21ClN2S2/c1-9(11-5-6-12(15)19-11)17-13-16-8-10(18-13)7-14(2,3)4/h5-6,9-10H,7-8H2,1-4H3,(H,16,17). The van der Waals surface area contributed by atoms with Crippen molar-refractivity contribution in [1.29, 1.82) is 0 Å². The molecule has 0 saturated heterocycles. The number of rotatable bonds is 3. The van der Waals surface area contributed by atoms with Gasteiger partial charge in [0.05, 0.1) is 16.9 Å². The van der Waals surface area contributed by atoms with Crippen molar-refractivity contribution in [2.45, 2.75) is 45.4 Å². The summed E-state index contributed by atoms with van der Waals surface area (Å²) in [5.41, 5.74) is 0.371. The number of thiophene rings is 1. The molecule has 0 aromatic carbocycles. The normalized spacial score (nSPS) is 21.3. The molecule has 19 heavy (non-hydrogen) atoms. The molecule has 0 fully saturated rings. The first kappa shape index (κ1) is 15.2. The largest absolute Gasteiger partial charge is 0.358 e. The fourth-order valence-corrected chi connectivity index (χ4v) is 4.61. The summed E-state index contributed by atoms with van der Waals surface area (Å²) in [6, 6.07) is 4.31. The van der Waals surface area contributed by atoms with Crippen LogP contribution in [0.15, 0.2) is 17.1 Å². The van der Waals surface area contributed by atoms with Crippen molar-refractivity contribution in [2.24, 2.45) is 10.4 Å². The van der Waals surface area contributed by atoms with E-state index in [1.807, 2.05) is 17.8 Å². The van der Waals surface area contributed by atoms with E-state index in [1.54, 1.807) is 11.3 Å². The Balaban J connectivity index is 1.85. The Morgan fingerprint density at radius 2 is 2.21 bits per heavy atom. The molecule has 0 spiro atoms. The number of thioether (sulfide) groups is 1. The Kier molecular flexibility index (Phi) is 4.85. The van der Waals surface area contributed by atoms with Crippen LogP contribution in [0.5, 0.6) is 0 Å². The van der Waals surface area contributed by atoms with E-state index >= 15 is 0 Å². The minimum absolute atomic E-state index is 0.275. The lowest BCUT2D eigenvalue weighted by atomic mass is 9.90. The third-order valence-corrected chi connectivity index (χ3v) is 5.45. The third kappa shape index (κ3) is 4.69. The Labute approximate surface area is 129 Å². The maximum atomic E-state index is 5.97. The quantitative estimate of drug-likeness (QED) is 0.852. The first-order valence-corrected chi connectivity index (χ1v) is 8.64. The van der Waals surface area contributed by atoms with E-state index in [-0.39, 0.29) is 6.04 Å². The predicted octanol–water partition coefficient (Wildman–Crippen LogP) is 4.96. The molecule has 2 rings (SSSR count). The summed E-state index contributed by atoms with van der Waals surface area (Å²) >= 11 is 9.48. The summed E-state index contributed by atoms with van der Waals surface area (Å²) in [5.74, 6) is 0. The zero-order valence-corrected chi connectivity index (χ0v) is 14.3. The molecule has 1 aliphatic rings. The number of halogens is 1. The fraction of sp³-hybridized carbons (Fsp3) is 0.643. The summed E-state index contributed by atoms with van der Waals surface area (Å²) in [6.07, 6.45) is 1.20. The van der Waals surface area contributed by atoms with Gasteiger partial charge in [-0.2, -0.15) is 0 Å². The van der Waals surface area contributed by atoms with Crippen molar-refractivity contribution < 1.29 is 0 Å². The molecule has 0 aliphatic carbocycles. The Morgan fingerprint density at radius 1 is 1.47 bits per heavy atom. The second kappa shape index (κ2) is 6.06. The van der Waals surface area contributed by atoms with Crippen LogP contribution in [0.1, 0.15) is 45.0 Å². The van der Waals surface area contributed by atoms with Gasteiger partial charge in [0.1, 0.15) is 0 Å². The van der Waals surface area contributed by atoms with Crippen molar-refractivity contribution >= 4 is 39.9 Å². The molecule has 0 radical (unpaired) electrons. The maximum Gasteiger partial charge on any atom is 0.157 e. The SMILES string of the molecule is CC(NC1=NCC(CC(C)(C)C)S1)c1ccc(Cl)s1. The molecule has 0 saturated carbocycles. The van der Waals surface area contributed by atoms with Crippen molar-refractivity contribution in [3.8, 4) is 0 Å². The Bertz CT molecular complexity index is 462. The first-order valence-electron chi connectivity index (χ1n) is 6.56. The molecular weight excluding hydrogens is 296 g/mol. The number of hydrogen-bond acceptors (Lipinski definition) is 4. The topological polar surface area (TPSA) is 24.4 Å². The zero-order chi connectivity index (χ0) is 14.0. The molecule has 2 unspecified atom stereocenters. The summed E-state index contributed by atoms with van der Waals surface area (Å²) in [6.45, 7) is 9.95. The van der Waals surface area contributed by atoms with Crippen LogP contribution in [-0.4, -0.2) is 17.0 Å². The van der Waals surface area contributed by atoms with Gasteiger partial charge < -0.3 is 5.32 Å². The lowest BCUT2D eigenvalue weighted by Gasteiger charge is -2.22. The van der Waals surface area contributed by atoms with Gasteiger partial charge in [-0.15, -0.1) is 11.3 Å². The van der Waals surface area contributed by atoms with Gasteiger partial charge in [-0.1, -0.05) is 44.1 Å². The monoisotopic (exact) mass is 316 g/mol. The van der Waals surface area contributed by atoms with Gasteiger partial charge in [0.25, 0.3) is 0 Å². The number of amidine groups is 1. The molecule has 0 amide bonds. The molecular formula is C14H21ClN2S2. The van der Waals surface area contributed by atoms with Gasteiger partial charge in [0.2, 0.25) is 0 Å². The van der Waals surface area contributed by atoms with Crippen molar-refractivity contribution in [2.75, 3.05) is 6.54 Å². The summed E-state index contributed by atoms with van der Waals surface area (Å²) in [5, 5.41) is 5.18. The number of nitrogens with one attached hydrogen (secondary N) is 1. The van der Waals surface area contributed by atoms with Crippen LogP contribution >= 0.6 is 34.7 Å². The molecule has 1 aromatic heterocycles. The second-order valence-corrected chi connectivity index (χ2v) is 9.19. The Hall–Kier alpha value is -0.190. The highest BCUT2D eigenvalue weighted by atomic mass is 35.5. The van der Waals surface area contributed by atoms with Gasteiger partial charge in [-0.3, -0.25) is 4.99 Å². The summed E-state index contributed by atoms with van der Waals surface area (Å²) in [4.78, 5) is 5.87. The van der Waals surface area contributed by atoms with Crippen molar-refractivity contribution in [1.82, 2.24) is 5.32 Å². The minimum atomic E-state index is 0.275. The van der Waals surface area contributed by atoms with Crippen LogP contribution < -0.4 is 5.32 Å². The molecule has 1 aliphatic heterocycles. The smallest absolute Gasteiger partial charge is 0.157 e. The molecule has 2 heterocycles.